The molecule has 7 heteroatoms. The lowest BCUT2D eigenvalue weighted by Crippen LogP contribution is -2.60. The van der Waals surface area contributed by atoms with E-state index < -0.39 is 0 Å². The van der Waals surface area contributed by atoms with E-state index in [1.807, 2.05) is 7.05 Å². The Labute approximate surface area is 178 Å². The number of hydrogen-bond donors (Lipinski definition) is 2. The van der Waals surface area contributed by atoms with Gasteiger partial charge in [-0.05, 0) is 39.3 Å². The first-order valence-electron chi connectivity index (χ1n) is 11.9. The smallest absolute Gasteiger partial charge is 0.191 e. The molecule has 2 saturated heterocycles. The number of hydrogen-bond acceptors (Lipinski definition) is 5. The van der Waals surface area contributed by atoms with E-state index in [-0.39, 0.29) is 5.54 Å². The molecular weight excluding hydrogens is 364 g/mol. The first-order valence-corrected chi connectivity index (χ1v) is 11.9. The molecule has 0 radical (unpaired) electrons. The van der Waals surface area contributed by atoms with Gasteiger partial charge in [-0.2, -0.15) is 0 Å². The van der Waals surface area contributed by atoms with Crippen LogP contribution in [0, 0.1) is 0 Å². The molecule has 29 heavy (non-hydrogen) atoms. The summed E-state index contributed by atoms with van der Waals surface area (Å²) in [5.74, 6) is 0.961. The number of rotatable bonds is 8. The number of likely N-dealkylation sites (N-methyl/N-ethyl adjacent to an activating group) is 1. The molecule has 1 saturated carbocycles. The zero-order valence-electron chi connectivity index (χ0n) is 18.9. The summed E-state index contributed by atoms with van der Waals surface area (Å²) < 4.78 is 5.60. The Morgan fingerprint density at radius 1 is 0.931 bits per heavy atom. The summed E-state index contributed by atoms with van der Waals surface area (Å²) in [7, 11) is 4.11. The van der Waals surface area contributed by atoms with Gasteiger partial charge < -0.3 is 25.2 Å². The van der Waals surface area contributed by atoms with E-state index in [2.05, 4.69) is 37.4 Å². The molecule has 0 unspecified atom stereocenters. The fraction of sp³-hybridized carbons (Fsp3) is 0.955. The van der Waals surface area contributed by atoms with Crippen LogP contribution in [0.5, 0.6) is 0 Å². The minimum atomic E-state index is 0.279. The van der Waals surface area contributed by atoms with Crippen molar-refractivity contribution in [2.45, 2.75) is 50.5 Å². The summed E-state index contributed by atoms with van der Waals surface area (Å²) in [4.78, 5) is 12.2. The molecule has 3 rings (SSSR count). The monoisotopic (exact) mass is 408 g/mol. The SMILES string of the molecule is CN=C(NCCCCN1CCN(C)CC1)NCC1(N2CCOCC2)CCCCC1. The fourth-order valence-corrected chi connectivity index (χ4v) is 5.06. The van der Waals surface area contributed by atoms with Gasteiger partial charge in [-0.25, -0.2) is 0 Å². The van der Waals surface area contributed by atoms with Crippen molar-refractivity contribution in [2.24, 2.45) is 4.99 Å². The van der Waals surface area contributed by atoms with Crippen LogP contribution >= 0.6 is 0 Å². The third kappa shape index (κ3) is 7.09. The predicted octanol–water partition coefficient (Wildman–Crippen LogP) is 1.21. The van der Waals surface area contributed by atoms with Crippen molar-refractivity contribution in [3.8, 4) is 0 Å². The fourth-order valence-electron chi connectivity index (χ4n) is 5.06. The lowest BCUT2D eigenvalue weighted by atomic mass is 9.80. The predicted molar refractivity (Wildman–Crippen MR) is 121 cm³/mol. The summed E-state index contributed by atoms with van der Waals surface area (Å²) in [6, 6.07) is 0. The number of ether oxygens (including phenoxy) is 1. The van der Waals surface area contributed by atoms with E-state index >= 15 is 0 Å². The van der Waals surface area contributed by atoms with Gasteiger partial charge >= 0.3 is 0 Å². The molecule has 2 aliphatic heterocycles. The maximum Gasteiger partial charge on any atom is 0.191 e. The standard InChI is InChI=1S/C22H44N6O/c1-23-21(24-10-6-7-11-27-14-12-26(2)13-15-27)25-20-22(8-4-3-5-9-22)28-16-18-29-19-17-28/h3-20H2,1-2H3,(H2,23,24,25). The number of nitrogens with zero attached hydrogens (tertiary/aromatic N) is 4. The van der Waals surface area contributed by atoms with Crippen LogP contribution in [-0.2, 0) is 4.74 Å². The van der Waals surface area contributed by atoms with Crippen molar-refractivity contribution in [3.63, 3.8) is 0 Å². The second-order valence-corrected chi connectivity index (χ2v) is 9.09. The molecule has 7 nitrogen and oxygen atoms in total. The van der Waals surface area contributed by atoms with Gasteiger partial charge in [-0.15, -0.1) is 0 Å². The maximum absolute atomic E-state index is 5.60. The van der Waals surface area contributed by atoms with E-state index in [1.54, 1.807) is 0 Å². The second kappa shape index (κ2) is 12.1. The van der Waals surface area contributed by atoms with Crippen molar-refractivity contribution in [1.29, 1.82) is 0 Å². The summed E-state index contributed by atoms with van der Waals surface area (Å²) in [5, 5.41) is 7.21. The van der Waals surface area contributed by atoms with Crippen molar-refractivity contribution < 1.29 is 4.74 Å². The summed E-state index contributed by atoms with van der Waals surface area (Å²) in [6.07, 6.45) is 9.11. The maximum atomic E-state index is 5.60. The van der Waals surface area contributed by atoms with Gasteiger partial charge in [0.15, 0.2) is 5.96 Å². The zero-order valence-corrected chi connectivity index (χ0v) is 18.9. The quantitative estimate of drug-likeness (QED) is 0.358. The minimum absolute atomic E-state index is 0.279. The van der Waals surface area contributed by atoms with Gasteiger partial charge in [-0.3, -0.25) is 9.89 Å². The first kappa shape index (κ1) is 22.8. The Morgan fingerprint density at radius 2 is 1.66 bits per heavy atom. The molecular formula is C22H44N6O. The Hall–Kier alpha value is -0.890. The van der Waals surface area contributed by atoms with E-state index in [0.717, 1.165) is 45.4 Å². The van der Waals surface area contributed by atoms with Gasteiger partial charge in [0.2, 0.25) is 0 Å². The molecule has 2 N–H and O–H groups in total. The summed E-state index contributed by atoms with van der Waals surface area (Å²) in [5.41, 5.74) is 0.279. The van der Waals surface area contributed by atoms with Crippen molar-refractivity contribution in [1.82, 2.24) is 25.3 Å². The van der Waals surface area contributed by atoms with Crippen LogP contribution in [0.15, 0.2) is 4.99 Å². The van der Waals surface area contributed by atoms with Crippen LogP contribution in [0.1, 0.15) is 44.9 Å². The van der Waals surface area contributed by atoms with Crippen LogP contribution < -0.4 is 10.6 Å². The Bertz CT molecular complexity index is 480. The number of guanidine groups is 1. The zero-order chi connectivity index (χ0) is 20.4. The molecule has 3 fully saturated rings. The van der Waals surface area contributed by atoms with Gasteiger partial charge in [0.1, 0.15) is 0 Å². The molecule has 0 aromatic carbocycles. The number of unbranched alkanes of at least 4 members (excludes halogenated alkanes) is 1. The second-order valence-electron chi connectivity index (χ2n) is 9.09. The lowest BCUT2D eigenvalue weighted by molar-refractivity contribution is -0.0352. The third-order valence-electron chi connectivity index (χ3n) is 7.06. The molecule has 3 aliphatic rings. The average Bonchev–Trinajstić information content (AvgIpc) is 2.78. The molecule has 0 atom stereocenters. The topological polar surface area (TPSA) is 55.4 Å². The van der Waals surface area contributed by atoms with Crippen molar-refractivity contribution in [2.75, 3.05) is 86.2 Å². The molecule has 1 aliphatic carbocycles. The molecule has 168 valence electrons. The Kier molecular flexibility index (Phi) is 9.49. The van der Waals surface area contributed by atoms with Crippen molar-refractivity contribution in [3.05, 3.63) is 0 Å². The van der Waals surface area contributed by atoms with Crippen LogP contribution in [0.25, 0.3) is 0 Å². The van der Waals surface area contributed by atoms with Crippen LogP contribution in [-0.4, -0.2) is 112 Å². The van der Waals surface area contributed by atoms with E-state index in [0.29, 0.717) is 0 Å². The van der Waals surface area contributed by atoms with Gasteiger partial charge in [0, 0.05) is 64.9 Å². The number of aliphatic imine (C=N–C) groups is 1. The molecule has 0 amide bonds. The highest BCUT2D eigenvalue weighted by atomic mass is 16.5. The number of piperazine rings is 1. The first-order chi connectivity index (χ1) is 14.2. The Balaban J connectivity index is 1.36. The highest BCUT2D eigenvalue weighted by molar-refractivity contribution is 5.79. The molecule has 0 spiro atoms. The molecule has 2 heterocycles. The lowest BCUT2D eigenvalue weighted by Gasteiger charge is -2.48. The molecule has 0 aromatic heterocycles. The van der Waals surface area contributed by atoms with Gasteiger partial charge in [-0.1, -0.05) is 19.3 Å². The van der Waals surface area contributed by atoms with Gasteiger partial charge in [0.25, 0.3) is 0 Å². The Morgan fingerprint density at radius 3 is 2.34 bits per heavy atom. The van der Waals surface area contributed by atoms with Crippen LogP contribution in [0.3, 0.4) is 0 Å². The van der Waals surface area contributed by atoms with Gasteiger partial charge in [0.05, 0.1) is 13.2 Å². The van der Waals surface area contributed by atoms with Crippen LogP contribution in [0.4, 0.5) is 0 Å². The third-order valence-corrected chi connectivity index (χ3v) is 7.06. The summed E-state index contributed by atoms with van der Waals surface area (Å²) in [6.45, 7) is 12.0. The summed E-state index contributed by atoms with van der Waals surface area (Å²) >= 11 is 0. The number of nitrogens with one attached hydrogen (secondary N) is 2. The van der Waals surface area contributed by atoms with E-state index in [4.69, 9.17) is 4.74 Å². The largest absolute Gasteiger partial charge is 0.379 e. The highest BCUT2D eigenvalue weighted by Gasteiger charge is 2.38. The highest BCUT2D eigenvalue weighted by Crippen LogP contribution is 2.33. The van der Waals surface area contributed by atoms with Crippen LogP contribution in [0.2, 0.25) is 0 Å². The average molecular weight is 409 g/mol. The van der Waals surface area contributed by atoms with Crippen molar-refractivity contribution >= 4 is 5.96 Å². The van der Waals surface area contributed by atoms with E-state index in [1.165, 1.54) is 77.7 Å². The minimum Gasteiger partial charge on any atom is -0.379 e. The van der Waals surface area contributed by atoms with E-state index in [9.17, 15) is 0 Å². The number of morpholine rings is 1. The normalized spacial score (nSPS) is 25.1. The molecule has 0 bridgehead atoms. The molecule has 0 aromatic rings.